The van der Waals surface area contributed by atoms with Crippen molar-refractivity contribution in [3.63, 3.8) is 0 Å². The molecule has 2 heterocycles. The lowest BCUT2D eigenvalue weighted by molar-refractivity contribution is -0.145. The van der Waals surface area contributed by atoms with Gasteiger partial charge in [-0.25, -0.2) is 9.97 Å². The molecule has 4 aromatic rings. The van der Waals surface area contributed by atoms with E-state index >= 15 is 0 Å². The van der Waals surface area contributed by atoms with Gasteiger partial charge in [0.2, 0.25) is 0 Å². The van der Waals surface area contributed by atoms with Gasteiger partial charge in [-0.3, -0.25) is 9.59 Å². The van der Waals surface area contributed by atoms with Crippen molar-refractivity contribution >= 4 is 16.9 Å². The lowest BCUT2D eigenvalue weighted by atomic mass is 10.1. The summed E-state index contributed by atoms with van der Waals surface area (Å²) < 4.78 is 11.0. The van der Waals surface area contributed by atoms with Crippen molar-refractivity contribution < 1.29 is 13.9 Å². The van der Waals surface area contributed by atoms with Crippen LogP contribution in [0.4, 0.5) is 0 Å². The monoisotopic (exact) mass is 403 g/mol. The molecule has 0 amide bonds. The van der Waals surface area contributed by atoms with Crippen LogP contribution in [0.15, 0.2) is 57.9 Å². The molecule has 7 nitrogen and oxygen atoms in total. The SMILES string of the molecule is Cc1ccc(-c2cnc(CCC(=O)OCc3nc4c(C)cccc4c(=O)[nH]3)o2)cc1. The van der Waals surface area contributed by atoms with Crippen LogP contribution in [-0.4, -0.2) is 20.9 Å². The third-order valence-electron chi connectivity index (χ3n) is 4.79. The number of para-hydroxylation sites is 1. The number of H-pyrrole nitrogens is 1. The molecule has 0 aliphatic rings. The first-order valence-corrected chi connectivity index (χ1v) is 9.65. The first-order chi connectivity index (χ1) is 14.5. The molecule has 0 saturated carbocycles. The molecule has 4 rings (SSSR count). The van der Waals surface area contributed by atoms with E-state index in [1.54, 1.807) is 18.3 Å². The van der Waals surface area contributed by atoms with Crippen molar-refractivity contribution in [3.8, 4) is 11.3 Å². The molecule has 0 fully saturated rings. The van der Waals surface area contributed by atoms with Gasteiger partial charge in [0.05, 0.1) is 23.5 Å². The van der Waals surface area contributed by atoms with E-state index in [0.717, 1.165) is 11.1 Å². The Labute approximate surface area is 172 Å². The predicted molar refractivity (Wildman–Crippen MR) is 112 cm³/mol. The van der Waals surface area contributed by atoms with Crippen LogP contribution >= 0.6 is 0 Å². The van der Waals surface area contributed by atoms with Gasteiger partial charge in [0.15, 0.2) is 11.7 Å². The molecule has 0 saturated heterocycles. The summed E-state index contributed by atoms with van der Waals surface area (Å²) in [5.41, 5.74) is 3.34. The van der Waals surface area contributed by atoms with E-state index in [-0.39, 0.29) is 18.6 Å². The van der Waals surface area contributed by atoms with Crippen LogP contribution in [0.3, 0.4) is 0 Å². The van der Waals surface area contributed by atoms with Crippen LogP contribution in [0, 0.1) is 13.8 Å². The number of nitrogens with one attached hydrogen (secondary N) is 1. The van der Waals surface area contributed by atoms with Crippen molar-refractivity contribution in [2.24, 2.45) is 0 Å². The molecule has 0 bridgehead atoms. The normalized spacial score (nSPS) is 11.0. The standard InChI is InChI=1S/C23H21N3O4/c1-14-6-8-16(9-7-14)18-12-24-20(30-18)10-11-21(27)29-13-19-25-22-15(2)4-3-5-17(22)23(28)26-19/h3-9,12H,10-11,13H2,1-2H3,(H,25,26,28). The van der Waals surface area contributed by atoms with Crippen molar-refractivity contribution in [2.45, 2.75) is 33.3 Å². The highest BCUT2D eigenvalue weighted by Crippen LogP contribution is 2.21. The Morgan fingerprint density at radius 1 is 1.13 bits per heavy atom. The average Bonchev–Trinajstić information content (AvgIpc) is 3.21. The Morgan fingerprint density at radius 3 is 2.73 bits per heavy atom. The number of rotatable bonds is 6. The fourth-order valence-electron chi connectivity index (χ4n) is 3.13. The topological polar surface area (TPSA) is 98.1 Å². The van der Waals surface area contributed by atoms with Gasteiger partial charge >= 0.3 is 5.97 Å². The average molecular weight is 403 g/mol. The number of aromatic amines is 1. The molecule has 0 aliphatic heterocycles. The number of carbonyl (C=O) groups excluding carboxylic acids is 1. The number of nitrogens with zero attached hydrogens (tertiary/aromatic N) is 2. The summed E-state index contributed by atoms with van der Waals surface area (Å²) in [5, 5.41) is 0.512. The molecule has 0 radical (unpaired) electrons. The fraction of sp³-hybridized carbons (Fsp3) is 0.217. The highest BCUT2D eigenvalue weighted by molar-refractivity contribution is 5.80. The van der Waals surface area contributed by atoms with E-state index in [0.29, 0.717) is 34.8 Å². The highest BCUT2D eigenvalue weighted by Gasteiger charge is 2.12. The van der Waals surface area contributed by atoms with Gasteiger partial charge in [0, 0.05) is 12.0 Å². The number of aromatic nitrogens is 3. The second-order valence-corrected chi connectivity index (χ2v) is 7.13. The minimum absolute atomic E-state index is 0.0987. The maximum Gasteiger partial charge on any atom is 0.306 e. The molecule has 2 aromatic heterocycles. The van der Waals surface area contributed by atoms with Crippen molar-refractivity contribution in [1.82, 2.24) is 15.0 Å². The van der Waals surface area contributed by atoms with Crippen molar-refractivity contribution in [1.29, 1.82) is 0 Å². The number of ether oxygens (including phenoxy) is 1. The Morgan fingerprint density at radius 2 is 1.93 bits per heavy atom. The summed E-state index contributed by atoms with van der Waals surface area (Å²) >= 11 is 0. The highest BCUT2D eigenvalue weighted by atomic mass is 16.5. The summed E-state index contributed by atoms with van der Waals surface area (Å²) in [5.74, 6) is 1.02. The zero-order valence-electron chi connectivity index (χ0n) is 16.8. The first-order valence-electron chi connectivity index (χ1n) is 9.65. The van der Waals surface area contributed by atoms with E-state index in [4.69, 9.17) is 9.15 Å². The Balaban J connectivity index is 1.35. The van der Waals surface area contributed by atoms with Crippen LogP contribution in [0.2, 0.25) is 0 Å². The third kappa shape index (κ3) is 4.30. The van der Waals surface area contributed by atoms with E-state index < -0.39 is 5.97 Å². The quantitative estimate of drug-likeness (QED) is 0.491. The van der Waals surface area contributed by atoms with E-state index in [9.17, 15) is 9.59 Å². The maximum atomic E-state index is 12.2. The lowest BCUT2D eigenvalue weighted by Gasteiger charge is -2.06. The van der Waals surface area contributed by atoms with Gasteiger partial charge in [0.25, 0.3) is 5.56 Å². The number of aryl methyl sites for hydroxylation is 3. The largest absolute Gasteiger partial charge is 0.458 e. The second-order valence-electron chi connectivity index (χ2n) is 7.13. The number of esters is 1. The molecule has 2 aromatic carbocycles. The summed E-state index contributed by atoms with van der Waals surface area (Å²) in [4.78, 5) is 35.6. The lowest BCUT2D eigenvalue weighted by Crippen LogP contribution is -2.15. The van der Waals surface area contributed by atoms with Crippen molar-refractivity contribution in [3.05, 3.63) is 81.9 Å². The summed E-state index contributed by atoms with van der Waals surface area (Å²) in [6.07, 6.45) is 2.09. The molecule has 0 aliphatic carbocycles. The molecule has 30 heavy (non-hydrogen) atoms. The third-order valence-corrected chi connectivity index (χ3v) is 4.79. The van der Waals surface area contributed by atoms with Crippen molar-refractivity contribution in [2.75, 3.05) is 0 Å². The summed E-state index contributed by atoms with van der Waals surface area (Å²) in [6.45, 7) is 3.80. The molecule has 152 valence electrons. The molecular weight excluding hydrogens is 382 g/mol. The zero-order valence-corrected chi connectivity index (χ0v) is 16.8. The fourth-order valence-corrected chi connectivity index (χ4v) is 3.13. The smallest absolute Gasteiger partial charge is 0.306 e. The van der Waals surface area contributed by atoms with Crippen LogP contribution in [-0.2, 0) is 22.6 Å². The van der Waals surface area contributed by atoms with Crippen LogP contribution < -0.4 is 5.56 Å². The minimum atomic E-state index is -0.419. The predicted octanol–water partition coefficient (Wildman–Crippen LogP) is 3.87. The number of fused-ring (bicyclic) bond motifs is 1. The van der Waals surface area contributed by atoms with Crippen LogP contribution in [0.5, 0.6) is 0 Å². The van der Waals surface area contributed by atoms with Gasteiger partial charge < -0.3 is 14.1 Å². The summed E-state index contributed by atoms with van der Waals surface area (Å²) in [6, 6.07) is 13.3. The van der Waals surface area contributed by atoms with E-state index in [1.807, 2.05) is 44.2 Å². The molecule has 0 atom stereocenters. The van der Waals surface area contributed by atoms with E-state index in [1.165, 1.54) is 5.56 Å². The van der Waals surface area contributed by atoms with Crippen LogP contribution in [0.1, 0.15) is 29.3 Å². The maximum absolute atomic E-state index is 12.2. The number of hydrogen-bond acceptors (Lipinski definition) is 6. The van der Waals surface area contributed by atoms with Gasteiger partial charge in [-0.15, -0.1) is 0 Å². The summed E-state index contributed by atoms with van der Waals surface area (Å²) in [7, 11) is 0. The van der Waals surface area contributed by atoms with Gasteiger partial charge in [-0.1, -0.05) is 42.0 Å². The van der Waals surface area contributed by atoms with E-state index in [2.05, 4.69) is 15.0 Å². The molecule has 0 spiro atoms. The Hall–Kier alpha value is -3.74. The second kappa shape index (κ2) is 8.32. The van der Waals surface area contributed by atoms with Gasteiger partial charge in [-0.2, -0.15) is 0 Å². The number of carbonyl (C=O) groups is 1. The minimum Gasteiger partial charge on any atom is -0.458 e. The number of hydrogen-bond donors (Lipinski definition) is 1. The molecule has 1 N–H and O–H groups in total. The zero-order chi connectivity index (χ0) is 21.1. The van der Waals surface area contributed by atoms with Gasteiger partial charge in [-0.05, 0) is 25.5 Å². The van der Waals surface area contributed by atoms with Crippen LogP contribution in [0.25, 0.3) is 22.2 Å². The number of benzene rings is 2. The Bertz CT molecular complexity index is 1260. The first kappa shape index (κ1) is 19.6. The Kier molecular flexibility index (Phi) is 5.43. The van der Waals surface area contributed by atoms with Gasteiger partial charge in [0.1, 0.15) is 12.4 Å². The molecule has 7 heteroatoms. The molecular formula is C23H21N3O4. The number of oxazole rings is 1. The molecule has 0 unspecified atom stereocenters.